The second-order valence-electron chi connectivity index (χ2n) is 2.82. The molecule has 0 amide bonds. The van der Waals surface area contributed by atoms with Gasteiger partial charge in [-0.25, -0.2) is 4.98 Å². The maximum atomic E-state index is 8.54. The van der Waals surface area contributed by atoms with Crippen molar-refractivity contribution in [2.45, 2.75) is 13.3 Å². The molecule has 0 aliphatic carbocycles. The second kappa shape index (κ2) is 4.67. The van der Waals surface area contributed by atoms with Crippen LogP contribution in [0.1, 0.15) is 12.0 Å². The Morgan fingerprint density at radius 3 is 3.00 bits per heavy atom. The number of ether oxygens (including phenoxy) is 1. The molecule has 0 aromatic carbocycles. The molecule has 0 saturated carbocycles. The molecule has 0 aliphatic heterocycles. The Bertz CT molecular complexity index is 276. The first kappa shape index (κ1) is 9.80. The van der Waals surface area contributed by atoms with E-state index in [1.165, 1.54) is 0 Å². The molecular formula is C9H14N2O2. The number of aryl methyl sites for hydroxylation is 1. The number of aliphatic hydroxyl groups is 1. The molecule has 3 N–H and O–H groups in total. The zero-order valence-electron chi connectivity index (χ0n) is 7.66. The standard InChI is InChI=1S/C9H14N2O2/c1-7-5-8(10)6-11-9(7)13-4-2-3-12/h5-6,12H,2-4,10H2,1H3. The molecule has 0 fully saturated rings. The van der Waals surface area contributed by atoms with Gasteiger partial charge in [0.15, 0.2) is 0 Å². The average molecular weight is 182 g/mol. The zero-order chi connectivity index (χ0) is 9.68. The van der Waals surface area contributed by atoms with Gasteiger partial charge in [-0.2, -0.15) is 0 Å². The number of hydrogen-bond donors (Lipinski definition) is 2. The Kier molecular flexibility index (Phi) is 3.52. The molecule has 0 aliphatic rings. The summed E-state index contributed by atoms with van der Waals surface area (Å²) in [4.78, 5) is 4.02. The van der Waals surface area contributed by atoms with E-state index in [4.69, 9.17) is 15.6 Å². The summed E-state index contributed by atoms with van der Waals surface area (Å²) in [6, 6.07) is 1.81. The monoisotopic (exact) mass is 182 g/mol. The Morgan fingerprint density at radius 2 is 2.38 bits per heavy atom. The van der Waals surface area contributed by atoms with Crippen LogP contribution in [0.25, 0.3) is 0 Å². The predicted molar refractivity (Wildman–Crippen MR) is 50.6 cm³/mol. The third kappa shape index (κ3) is 2.91. The first-order valence-electron chi connectivity index (χ1n) is 4.20. The number of rotatable bonds is 4. The van der Waals surface area contributed by atoms with Gasteiger partial charge in [0.2, 0.25) is 5.88 Å². The van der Waals surface area contributed by atoms with Crippen LogP contribution in [0.2, 0.25) is 0 Å². The minimum atomic E-state index is 0.133. The fourth-order valence-corrected chi connectivity index (χ4v) is 0.968. The van der Waals surface area contributed by atoms with Gasteiger partial charge in [0.25, 0.3) is 0 Å². The van der Waals surface area contributed by atoms with Crippen LogP contribution in [-0.4, -0.2) is 23.3 Å². The largest absolute Gasteiger partial charge is 0.477 e. The van der Waals surface area contributed by atoms with E-state index in [0.29, 0.717) is 24.6 Å². The third-order valence-corrected chi connectivity index (χ3v) is 1.59. The number of pyridine rings is 1. The van der Waals surface area contributed by atoms with E-state index in [1.54, 1.807) is 12.3 Å². The van der Waals surface area contributed by atoms with Crippen LogP contribution in [0.15, 0.2) is 12.3 Å². The highest BCUT2D eigenvalue weighted by Gasteiger charge is 2.00. The van der Waals surface area contributed by atoms with Crippen molar-refractivity contribution in [1.29, 1.82) is 0 Å². The molecule has 0 bridgehead atoms. The molecule has 0 atom stereocenters. The lowest BCUT2D eigenvalue weighted by molar-refractivity contribution is 0.228. The molecule has 4 heteroatoms. The Morgan fingerprint density at radius 1 is 1.62 bits per heavy atom. The lowest BCUT2D eigenvalue weighted by Crippen LogP contribution is -2.03. The number of aliphatic hydroxyl groups excluding tert-OH is 1. The number of hydrogen-bond acceptors (Lipinski definition) is 4. The van der Waals surface area contributed by atoms with Crippen LogP contribution in [0.4, 0.5) is 5.69 Å². The van der Waals surface area contributed by atoms with Gasteiger partial charge in [-0.1, -0.05) is 0 Å². The Hall–Kier alpha value is -1.29. The van der Waals surface area contributed by atoms with Gasteiger partial charge in [0, 0.05) is 18.6 Å². The van der Waals surface area contributed by atoms with Gasteiger partial charge < -0.3 is 15.6 Å². The maximum Gasteiger partial charge on any atom is 0.216 e. The van der Waals surface area contributed by atoms with Gasteiger partial charge >= 0.3 is 0 Å². The minimum Gasteiger partial charge on any atom is -0.477 e. The molecule has 0 saturated heterocycles. The molecular weight excluding hydrogens is 168 g/mol. The van der Waals surface area contributed by atoms with E-state index < -0.39 is 0 Å². The van der Waals surface area contributed by atoms with Crippen LogP contribution < -0.4 is 10.5 Å². The predicted octanol–water partition coefficient (Wildman–Crippen LogP) is 0.733. The summed E-state index contributed by atoms with van der Waals surface area (Å²) >= 11 is 0. The van der Waals surface area contributed by atoms with E-state index in [0.717, 1.165) is 5.56 Å². The van der Waals surface area contributed by atoms with Crippen molar-refractivity contribution in [1.82, 2.24) is 4.98 Å². The van der Waals surface area contributed by atoms with Crippen LogP contribution in [0.5, 0.6) is 5.88 Å². The summed E-state index contributed by atoms with van der Waals surface area (Å²) in [5, 5.41) is 8.54. The summed E-state index contributed by atoms with van der Waals surface area (Å²) in [7, 11) is 0. The molecule has 1 aromatic rings. The summed E-state index contributed by atoms with van der Waals surface area (Å²) in [5.74, 6) is 0.586. The summed E-state index contributed by atoms with van der Waals surface area (Å²) in [6.07, 6.45) is 2.17. The fraction of sp³-hybridized carbons (Fsp3) is 0.444. The molecule has 0 radical (unpaired) electrons. The van der Waals surface area contributed by atoms with Crippen molar-refractivity contribution in [2.75, 3.05) is 18.9 Å². The highest BCUT2D eigenvalue weighted by atomic mass is 16.5. The second-order valence-corrected chi connectivity index (χ2v) is 2.82. The minimum absolute atomic E-state index is 0.133. The number of nitrogens with two attached hydrogens (primary N) is 1. The molecule has 1 heterocycles. The van der Waals surface area contributed by atoms with E-state index in [9.17, 15) is 0 Å². The molecule has 4 nitrogen and oxygen atoms in total. The van der Waals surface area contributed by atoms with Crippen molar-refractivity contribution < 1.29 is 9.84 Å². The zero-order valence-corrected chi connectivity index (χ0v) is 7.66. The van der Waals surface area contributed by atoms with Crippen molar-refractivity contribution in [3.63, 3.8) is 0 Å². The topological polar surface area (TPSA) is 68.4 Å². The van der Waals surface area contributed by atoms with E-state index in [2.05, 4.69) is 4.98 Å². The van der Waals surface area contributed by atoms with Gasteiger partial charge in [-0.15, -0.1) is 0 Å². The molecule has 1 aromatic heterocycles. The SMILES string of the molecule is Cc1cc(N)cnc1OCCCO. The normalized spacial score (nSPS) is 10.0. The molecule has 13 heavy (non-hydrogen) atoms. The van der Waals surface area contributed by atoms with E-state index >= 15 is 0 Å². The molecule has 0 spiro atoms. The summed E-state index contributed by atoms with van der Waals surface area (Å²) < 4.78 is 5.31. The lowest BCUT2D eigenvalue weighted by atomic mass is 10.3. The molecule has 1 rings (SSSR count). The number of anilines is 1. The smallest absolute Gasteiger partial charge is 0.216 e. The Balaban J connectivity index is 2.56. The molecule has 0 unspecified atom stereocenters. The van der Waals surface area contributed by atoms with Gasteiger partial charge in [0.05, 0.1) is 18.5 Å². The number of nitrogens with zero attached hydrogens (tertiary/aromatic N) is 1. The number of nitrogen functional groups attached to an aromatic ring is 1. The van der Waals surface area contributed by atoms with Gasteiger partial charge in [0.1, 0.15) is 0 Å². The fourth-order valence-electron chi connectivity index (χ4n) is 0.968. The quantitative estimate of drug-likeness (QED) is 0.674. The van der Waals surface area contributed by atoms with Crippen molar-refractivity contribution in [2.24, 2.45) is 0 Å². The first-order valence-corrected chi connectivity index (χ1v) is 4.20. The molecule has 72 valence electrons. The first-order chi connectivity index (χ1) is 6.24. The number of aromatic nitrogens is 1. The van der Waals surface area contributed by atoms with Crippen LogP contribution in [-0.2, 0) is 0 Å². The summed E-state index contributed by atoms with van der Waals surface area (Å²) in [5.41, 5.74) is 7.07. The van der Waals surface area contributed by atoms with Crippen LogP contribution in [0, 0.1) is 6.92 Å². The average Bonchev–Trinajstić information content (AvgIpc) is 2.09. The third-order valence-electron chi connectivity index (χ3n) is 1.59. The van der Waals surface area contributed by atoms with Crippen LogP contribution in [0.3, 0.4) is 0 Å². The van der Waals surface area contributed by atoms with Gasteiger partial charge in [-0.05, 0) is 13.0 Å². The van der Waals surface area contributed by atoms with Crippen molar-refractivity contribution in [3.05, 3.63) is 17.8 Å². The van der Waals surface area contributed by atoms with Gasteiger partial charge in [-0.3, -0.25) is 0 Å². The van der Waals surface area contributed by atoms with E-state index in [1.807, 2.05) is 6.92 Å². The summed E-state index contributed by atoms with van der Waals surface area (Å²) in [6.45, 7) is 2.50. The van der Waals surface area contributed by atoms with Crippen molar-refractivity contribution in [3.8, 4) is 5.88 Å². The highest BCUT2D eigenvalue weighted by Crippen LogP contribution is 2.16. The lowest BCUT2D eigenvalue weighted by Gasteiger charge is -2.06. The highest BCUT2D eigenvalue weighted by molar-refractivity contribution is 5.41. The Labute approximate surface area is 77.4 Å². The maximum absolute atomic E-state index is 8.54. The van der Waals surface area contributed by atoms with Crippen molar-refractivity contribution >= 4 is 5.69 Å². The van der Waals surface area contributed by atoms with Crippen LogP contribution >= 0.6 is 0 Å². The van der Waals surface area contributed by atoms with E-state index in [-0.39, 0.29) is 6.61 Å².